The summed E-state index contributed by atoms with van der Waals surface area (Å²) >= 11 is 0. The lowest BCUT2D eigenvalue weighted by Crippen LogP contribution is -2.50. The highest BCUT2D eigenvalue weighted by molar-refractivity contribution is 6.07. The second kappa shape index (κ2) is 11.6. The summed E-state index contributed by atoms with van der Waals surface area (Å²) in [5.41, 5.74) is -2.90. The number of halogens is 4. The summed E-state index contributed by atoms with van der Waals surface area (Å²) in [6, 6.07) is 1.78. The first kappa shape index (κ1) is 29.1. The molecule has 3 aromatic rings. The van der Waals surface area contributed by atoms with Crippen molar-refractivity contribution in [3.8, 4) is 11.1 Å². The summed E-state index contributed by atoms with van der Waals surface area (Å²) in [5.74, 6) is -2.66. The normalized spacial score (nSPS) is 22.3. The van der Waals surface area contributed by atoms with Gasteiger partial charge in [0.2, 0.25) is 11.5 Å². The molecular weight excluding hydrogens is 570 g/mol. The van der Waals surface area contributed by atoms with E-state index in [4.69, 9.17) is 4.74 Å². The molecule has 5 heterocycles. The van der Waals surface area contributed by atoms with Crippen LogP contribution >= 0.6 is 0 Å². The molecule has 0 unspecified atom stereocenters. The van der Waals surface area contributed by atoms with Gasteiger partial charge in [0.15, 0.2) is 5.82 Å². The Morgan fingerprint density at radius 1 is 1.07 bits per heavy atom. The maximum Gasteiger partial charge on any atom is 0.264 e. The van der Waals surface area contributed by atoms with Gasteiger partial charge in [0, 0.05) is 80.6 Å². The van der Waals surface area contributed by atoms with Crippen molar-refractivity contribution in [1.82, 2.24) is 19.9 Å². The number of alkyl halides is 2. The summed E-state index contributed by atoms with van der Waals surface area (Å²) < 4.78 is 65.4. The molecule has 228 valence electrons. The Morgan fingerprint density at radius 2 is 1.77 bits per heavy atom. The van der Waals surface area contributed by atoms with Crippen LogP contribution in [0.4, 0.5) is 34.9 Å². The Kier molecular flexibility index (Phi) is 7.81. The average Bonchev–Trinajstić information content (AvgIpc) is 3.32. The van der Waals surface area contributed by atoms with Gasteiger partial charge in [-0.05, 0) is 26.8 Å². The number of piperazine rings is 1. The van der Waals surface area contributed by atoms with Crippen LogP contribution in [0, 0.1) is 11.6 Å². The zero-order valence-electron chi connectivity index (χ0n) is 23.6. The van der Waals surface area contributed by atoms with Gasteiger partial charge >= 0.3 is 0 Å². The molecule has 0 radical (unpaired) electrons. The molecule has 3 saturated heterocycles. The van der Waals surface area contributed by atoms with E-state index in [0.29, 0.717) is 44.7 Å². The highest BCUT2D eigenvalue weighted by Crippen LogP contribution is 2.39. The maximum absolute atomic E-state index is 16.4. The molecule has 3 fully saturated rings. The third-order valence-corrected chi connectivity index (χ3v) is 8.43. The summed E-state index contributed by atoms with van der Waals surface area (Å²) in [4.78, 5) is 41.7. The van der Waals surface area contributed by atoms with Crippen LogP contribution in [0.5, 0.6) is 0 Å². The Morgan fingerprint density at radius 3 is 2.42 bits per heavy atom. The van der Waals surface area contributed by atoms with E-state index in [9.17, 15) is 18.4 Å². The van der Waals surface area contributed by atoms with Crippen molar-refractivity contribution in [2.45, 2.75) is 44.4 Å². The van der Waals surface area contributed by atoms with Crippen molar-refractivity contribution < 1.29 is 27.1 Å². The minimum absolute atomic E-state index is 0.0316. The minimum Gasteiger partial charge on any atom is -0.371 e. The van der Waals surface area contributed by atoms with Gasteiger partial charge in [0.1, 0.15) is 11.5 Å². The molecule has 2 aromatic heterocycles. The van der Waals surface area contributed by atoms with Crippen LogP contribution in [0.1, 0.15) is 42.1 Å². The first-order valence-corrected chi connectivity index (χ1v) is 14.1. The predicted octanol–water partition coefficient (Wildman–Crippen LogP) is 3.81. The van der Waals surface area contributed by atoms with Gasteiger partial charge in [0.25, 0.3) is 12.3 Å². The molecule has 3 aliphatic rings. The van der Waals surface area contributed by atoms with Crippen LogP contribution in [0.3, 0.4) is 0 Å². The standard InChI is InChI=1S/C29H31F4N7O3/c1-15-12-39(6-5-38(15)2)22-8-21(30)24(16-9-35-29(36-10-16)40-13-17-3-4-18(14-40)43-17)25(31)26(22)37-28(42)20-11-34-23(41)7-19(20)27(32)33/h7-11,15,17-18,27H,3-6,12-14H2,1-2H3,(H,34,41)(H,37,42)/t15-,17-,18-/m0/s1. The average molecular weight is 602 g/mol. The SMILES string of the molecule is C[C@H]1CN(c2cc(F)c(-c3cnc(N4C[C@@H]5CC[C@@H](C4)O5)nc3)c(F)c2NC(=O)c2c[nH]c(=O)cc2C(F)F)CCN1C. The molecule has 3 aliphatic heterocycles. The van der Waals surface area contributed by atoms with E-state index in [2.05, 4.69) is 25.2 Å². The Bertz CT molecular complexity index is 1570. The van der Waals surface area contributed by atoms with Gasteiger partial charge in [-0.3, -0.25) is 9.59 Å². The Hall–Kier alpha value is -4.04. The van der Waals surface area contributed by atoms with Crippen LogP contribution in [-0.2, 0) is 4.74 Å². The second-order valence-corrected chi connectivity index (χ2v) is 11.3. The number of pyridine rings is 1. The highest BCUT2D eigenvalue weighted by atomic mass is 19.3. The number of morpholine rings is 1. The van der Waals surface area contributed by atoms with E-state index in [1.54, 1.807) is 4.90 Å². The summed E-state index contributed by atoms with van der Waals surface area (Å²) in [6.45, 7) is 4.60. The predicted molar refractivity (Wildman–Crippen MR) is 152 cm³/mol. The number of hydrogen-bond acceptors (Lipinski definition) is 8. The van der Waals surface area contributed by atoms with Gasteiger partial charge in [-0.1, -0.05) is 0 Å². The number of hydrogen-bond donors (Lipinski definition) is 2. The van der Waals surface area contributed by atoms with Crippen LogP contribution in [-0.4, -0.2) is 83.8 Å². The van der Waals surface area contributed by atoms with E-state index >= 15 is 8.78 Å². The molecular formula is C29H31F4N7O3. The van der Waals surface area contributed by atoms with Gasteiger partial charge in [-0.15, -0.1) is 0 Å². The quantitative estimate of drug-likeness (QED) is 0.411. The Balaban J connectivity index is 1.38. The zero-order chi connectivity index (χ0) is 30.4. The van der Waals surface area contributed by atoms with Gasteiger partial charge < -0.3 is 29.7 Å². The minimum atomic E-state index is -3.13. The molecule has 14 heteroatoms. The van der Waals surface area contributed by atoms with Gasteiger partial charge in [-0.2, -0.15) is 0 Å². The molecule has 3 atom stereocenters. The van der Waals surface area contributed by atoms with Crippen molar-refractivity contribution in [1.29, 1.82) is 0 Å². The first-order valence-electron chi connectivity index (χ1n) is 14.1. The number of rotatable bonds is 6. The first-order chi connectivity index (χ1) is 20.6. The summed E-state index contributed by atoms with van der Waals surface area (Å²) in [6.07, 6.45) is 2.47. The smallest absolute Gasteiger partial charge is 0.264 e. The third-order valence-electron chi connectivity index (χ3n) is 8.43. The molecule has 1 amide bonds. The van der Waals surface area contributed by atoms with Crippen molar-refractivity contribution in [3.63, 3.8) is 0 Å². The van der Waals surface area contributed by atoms with E-state index in [1.165, 1.54) is 12.4 Å². The fourth-order valence-corrected chi connectivity index (χ4v) is 5.94. The largest absolute Gasteiger partial charge is 0.371 e. The molecule has 2 N–H and O–H groups in total. The molecule has 2 bridgehead atoms. The lowest BCUT2D eigenvalue weighted by atomic mass is 10.0. The van der Waals surface area contributed by atoms with Crippen molar-refractivity contribution in [2.75, 3.05) is 54.9 Å². The molecule has 6 rings (SSSR count). The number of benzene rings is 1. The van der Waals surface area contributed by atoms with Crippen LogP contribution in [0.2, 0.25) is 0 Å². The maximum atomic E-state index is 16.4. The molecule has 10 nitrogen and oxygen atoms in total. The van der Waals surface area contributed by atoms with Crippen molar-refractivity contribution >= 4 is 23.2 Å². The number of carbonyl (C=O) groups excluding carboxylic acids is 1. The molecule has 0 aliphatic carbocycles. The monoisotopic (exact) mass is 601 g/mol. The van der Waals surface area contributed by atoms with Gasteiger partial charge in [-0.25, -0.2) is 27.5 Å². The lowest BCUT2D eigenvalue weighted by molar-refractivity contribution is 0.0299. The number of nitrogens with one attached hydrogen (secondary N) is 2. The highest BCUT2D eigenvalue weighted by Gasteiger charge is 2.35. The number of likely N-dealkylation sites (N-methyl/N-ethyl adjacent to an activating group) is 1. The van der Waals surface area contributed by atoms with E-state index < -0.39 is 46.2 Å². The molecule has 0 saturated carbocycles. The summed E-state index contributed by atoms with van der Waals surface area (Å²) in [5, 5.41) is 2.40. The molecule has 43 heavy (non-hydrogen) atoms. The van der Waals surface area contributed by atoms with Gasteiger partial charge in [0.05, 0.1) is 29.0 Å². The Labute approximate surface area is 244 Å². The number of fused-ring (bicyclic) bond motifs is 2. The van der Waals surface area contributed by atoms with E-state index in [-0.39, 0.29) is 35.2 Å². The van der Waals surface area contributed by atoms with Crippen LogP contribution < -0.4 is 20.7 Å². The topological polar surface area (TPSA) is 107 Å². The van der Waals surface area contributed by atoms with E-state index in [0.717, 1.165) is 25.1 Å². The van der Waals surface area contributed by atoms with Crippen molar-refractivity contribution in [3.05, 3.63) is 63.8 Å². The number of nitrogens with zero attached hydrogens (tertiary/aromatic N) is 5. The number of ether oxygens (including phenoxy) is 1. The number of amides is 1. The van der Waals surface area contributed by atoms with Crippen LogP contribution in [0.15, 0.2) is 35.5 Å². The second-order valence-electron chi connectivity index (χ2n) is 11.3. The number of aromatic nitrogens is 3. The fourth-order valence-electron chi connectivity index (χ4n) is 5.94. The number of H-pyrrole nitrogens is 1. The number of anilines is 3. The molecule has 1 aromatic carbocycles. The molecule has 0 spiro atoms. The number of carbonyl (C=O) groups is 1. The third kappa shape index (κ3) is 5.68. The summed E-state index contributed by atoms with van der Waals surface area (Å²) in [7, 11) is 1.93. The zero-order valence-corrected chi connectivity index (χ0v) is 23.6. The van der Waals surface area contributed by atoms with Crippen LogP contribution in [0.25, 0.3) is 11.1 Å². The lowest BCUT2D eigenvalue weighted by Gasteiger charge is -2.39. The fraction of sp³-hybridized carbons (Fsp3) is 0.448. The van der Waals surface area contributed by atoms with E-state index in [1.807, 2.05) is 18.9 Å². The van der Waals surface area contributed by atoms with Crippen molar-refractivity contribution in [2.24, 2.45) is 0 Å². The number of aromatic amines is 1.